The van der Waals surface area contributed by atoms with Gasteiger partial charge in [-0.2, -0.15) is 5.10 Å². The maximum absolute atomic E-state index is 12.8. The van der Waals surface area contributed by atoms with E-state index in [9.17, 15) is 4.79 Å². The van der Waals surface area contributed by atoms with Gasteiger partial charge in [-0.15, -0.1) is 0 Å². The second kappa shape index (κ2) is 6.48. The van der Waals surface area contributed by atoms with Crippen molar-refractivity contribution in [3.05, 3.63) is 17.5 Å². The van der Waals surface area contributed by atoms with Gasteiger partial charge in [0.2, 0.25) is 5.91 Å². The Morgan fingerprint density at radius 1 is 1.29 bits per heavy atom. The van der Waals surface area contributed by atoms with E-state index in [0.29, 0.717) is 25.2 Å². The standard InChI is InChI=1S/C18H28N4O2/c1-13-9-14(2)22(19-13)15-10-20(11-15)12-18(23)21-7-8-24-17-6-4-3-5-16(17)21/h9,15-17H,3-8,10-12H2,1-2H3/t16-,17-/m0/s1. The van der Waals surface area contributed by atoms with Crippen LogP contribution in [0, 0.1) is 13.8 Å². The van der Waals surface area contributed by atoms with Crippen molar-refractivity contribution < 1.29 is 9.53 Å². The molecule has 132 valence electrons. The molecule has 1 amide bonds. The Hall–Kier alpha value is -1.40. The fraction of sp³-hybridized carbons (Fsp3) is 0.778. The van der Waals surface area contributed by atoms with Crippen LogP contribution < -0.4 is 0 Å². The highest BCUT2D eigenvalue weighted by molar-refractivity contribution is 5.79. The number of aryl methyl sites for hydroxylation is 2. The van der Waals surface area contributed by atoms with E-state index in [2.05, 4.69) is 32.6 Å². The Morgan fingerprint density at radius 3 is 2.83 bits per heavy atom. The number of rotatable bonds is 3. The van der Waals surface area contributed by atoms with Crippen LogP contribution in [0.15, 0.2) is 6.07 Å². The van der Waals surface area contributed by atoms with Crippen molar-refractivity contribution in [2.75, 3.05) is 32.8 Å². The molecule has 0 aromatic carbocycles. The number of morpholine rings is 1. The molecule has 2 aliphatic heterocycles. The zero-order valence-electron chi connectivity index (χ0n) is 14.8. The summed E-state index contributed by atoms with van der Waals surface area (Å²) >= 11 is 0. The van der Waals surface area contributed by atoms with Crippen molar-refractivity contribution in [1.29, 1.82) is 0 Å². The molecule has 3 heterocycles. The number of likely N-dealkylation sites (tertiary alicyclic amines) is 1. The molecule has 4 rings (SSSR count). The van der Waals surface area contributed by atoms with Crippen LogP contribution in [0.2, 0.25) is 0 Å². The van der Waals surface area contributed by atoms with Gasteiger partial charge in [0, 0.05) is 25.3 Å². The van der Waals surface area contributed by atoms with Crippen molar-refractivity contribution in [3.63, 3.8) is 0 Å². The highest BCUT2D eigenvalue weighted by Crippen LogP contribution is 2.29. The molecule has 1 saturated carbocycles. The Balaban J connectivity index is 1.32. The van der Waals surface area contributed by atoms with Crippen molar-refractivity contribution >= 4 is 5.91 Å². The van der Waals surface area contributed by atoms with Crippen LogP contribution in [0.1, 0.15) is 43.1 Å². The van der Waals surface area contributed by atoms with E-state index in [1.165, 1.54) is 18.5 Å². The largest absolute Gasteiger partial charge is 0.374 e. The molecule has 2 saturated heterocycles. The topological polar surface area (TPSA) is 50.6 Å². The van der Waals surface area contributed by atoms with Gasteiger partial charge in [-0.25, -0.2) is 0 Å². The smallest absolute Gasteiger partial charge is 0.237 e. The first kappa shape index (κ1) is 16.1. The van der Waals surface area contributed by atoms with Crippen LogP contribution in [0.4, 0.5) is 0 Å². The van der Waals surface area contributed by atoms with E-state index in [4.69, 9.17) is 4.74 Å². The fourth-order valence-electron chi connectivity index (χ4n) is 4.53. The van der Waals surface area contributed by atoms with Crippen LogP contribution in [0.5, 0.6) is 0 Å². The summed E-state index contributed by atoms with van der Waals surface area (Å²) in [7, 11) is 0. The lowest BCUT2D eigenvalue weighted by Crippen LogP contribution is -2.59. The average molecular weight is 332 g/mol. The summed E-state index contributed by atoms with van der Waals surface area (Å²) in [5.41, 5.74) is 2.28. The summed E-state index contributed by atoms with van der Waals surface area (Å²) in [6, 6.07) is 2.84. The molecule has 6 heteroatoms. The monoisotopic (exact) mass is 332 g/mol. The highest BCUT2D eigenvalue weighted by atomic mass is 16.5. The van der Waals surface area contributed by atoms with Crippen LogP contribution in [0.25, 0.3) is 0 Å². The number of amides is 1. The van der Waals surface area contributed by atoms with E-state index in [0.717, 1.165) is 38.2 Å². The van der Waals surface area contributed by atoms with Gasteiger partial charge < -0.3 is 9.64 Å². The van der Waals surface area contributed by atoms with E-state index >= 15 is 0 Å². The summed E-state index contributed by atoms with van der Waals surface area (Å²) in [4.78, 5) is 17.1. The van der Waals surface area contributed by atoms with Gasteiger partial charge in [0.05, 0.1) is 37.0 Å². The van der Waals surface area contributed by atoms with E-state index in [-0.39, 0.29) is 12.0 Å². The molecule has 3 aliphatic rings. The lowest BCUT2D eigenvalue weighted by atomic mass is 9.90. The van der Waals surface area contributed by atoms with Crippen LogP contribution >= 0.6 is 0 Å². The Kier molecular flexibility index (Phi) is 4.35. The minimum atomic E-state index is 0.273. The minimum Gasteiger partial charge on any atom is -0.374 e. The summed E-state index contributed by atoms with van der Waals surface area (Å²) in [5.74, 6) is 0.280. The number of fused-ring (bicyclic) bond motifs is 1. The number of aromatic nitrogens is 2. The number of hydrogen-bond acceptors (Lipinski definition) is 4. The molecule has 0 bridgehead atoms. The molecule has 1 aromatic rings. The molecular formula is C18H28N4O2. The SMILES string of the molecule is Cc1cc(C)n(C2CN(CC(=O)N3CCO[C@H]4CCCC[C@@H]43)C2)n1. The maximum atomic E-state index is 12.8. The third kappa shape index (κ3) is 2.97. The molecule has 0 radical (unpaired) electrons. The predicted octanol–water partition coefficient (Wildman–Crippen LogP) is 1.53. The zero-order chi connectivity index (χ0) is 16.7. The Labute approximate surface area is 143 Å². The number of carbonyl (C=O) groups is 1. The first-order chi connectivity index (χ1) is 11.6. The van der Waals surface area contributed by atoms with E-state index in [1.807, 2.05) is 6.92 Å². The normalized spacial score (nSPS) is 28.5. The number of carbonyl (C=O) groups excluding carboxylic acids is 1. The lowest BCUT2D eigenvalue weighted by molar-refractivity contribution is -0.152. The molecule has 0 N–H and O–H groups in total. The highest BCUT2D eigenvalue weighted by Gasteiger charge is 2.38. The molecule has 2 atom stereocenters. The van der Waals surface area contributed by atoms with Crippen molar-refractivity contribution in [2.45, 2.75) is 57.7 Å². The van der Waals surface area contributed by atoms with E-state index in [1.54, 1.807) is 0 Å². The first-order valence-corrected chi connectivity index (χ1v) is 9.28. The molecular weight excluding hydrogens is 304 g/mol. The second-order valence-corrected chi connectivity index (χ2v) is 7.57. The van der Waals surface area contributed by atoms with Gasteiger partial charge in [0.1, 0.15) is 0 Å². The molecule has 3 fully saturated rings. The summed E-state index contributed by atoms with van der Waals surface area (Å²) in [5, 5.41) is 4.57. The minimum absolute atomic E-state index is 0.273. The molecule has 0 unspecified atom stereocenters. The molecule has 0 spiro atoms. The number of hydrogen-bond donors (Lipinski definition) is 0. The molecule has 1 aliphatic carbocycles. The lowest BCUT2D eigenvalue weighted by Gasteiger charge is -2.45. The van der Waals surface area contributed by atoms with Crippen LogP contribution in [-0.4, -0.2) is 70.4 Å². The van der Waals surface area contributed by atoms with Crippen molar-refractivity contribution in [2.24, 2.45) is 0 Å². The van der Waals surface area contributed by atoms with Gasteiger partial charge in [-0.05, 0) is 32.8 Å². The molecule has 24 heavy (non-hydrogen) atoms. The number of ether oxygens (including phenoxy) is 1. The Morgan fingerprint density at radius 2 is 2.08 bits per heavy atom. The average Bonchev–Trinajstić information content (AvgIpc) is 2.87. The Bertz CT molecular complexity index is 606. The van der Waals surface area contributed by atoms with E-state index < -0.39 is 0 Å². The van der Waals surface area contributed by atoms with Crippen molar-refractivity contribution in [1.82, 2.24) is 19.6 Å². The summed E-state index contributed by atoms with van der Waals surface area (Å²) in [6.45, 7) is 7.97. The van der Waals surface area contributed by atoms with Gasteiger partial charge in [-0.1, -0.05) is 12.8 Å². The quantitative estimate of drug-likeness (QED) is 0.842. The third-order valence-electron chi connectivity index (χ3n) is 5.74. The fourth-order valence-corrected chi connectivity index (χ4v) is 4.53. The van der Waals surface area contributed by atoms with Gasteiger partial charge in [0.15, 0.2) is 0 Å². The summed E-state index contributed by atoms with van der Waals surface area (Å²) < 4.78 is 7.99. The summed E-state index contributed by atoms with van der Waals surface area (Å²) in [6.07, 6.45) is 4.94. The van der Waals surface area contributed by atoms with Crippen molar-refractivity contribution in [3.8, 4) is 0 Å². The predicted molar refractivity (Wildman–Crippen MR) is 90.9 cm³/mol. The van der Waals surface area contributed by atoms with Gasteiger partial charge in [-0.3, -0.25) is 14.4 Å². The molecule has 6 nitrogen and oxygen atoms in total. The maximum Gasteiger partial charge on any atom is 0.237 e. The van der Waals surface area contributed by atoms with Gasteiger partial charge in [0.25, 0.3) is 0 Å². The second-order valence-electron chi connectivity index (χ2n) is 7.57. The van der Waals surface area contributed by atoms with Gasteiger partial charge >= 0.3 is 0 Å². The third-order valence-corrected chi connectivity index (χ3v) is 5.74. The zero-order valence-corrected chi connectivity index (χ0v) is 14.8. The number of nitrogens with zero attached hydrogens (tertiary/aromatic N) is 4. The van der Waals surface area contributed by atoms with Crippen LogP contribution in [-0.2, 0) is 9.53 Å². The molecule has 1 aromatic heterocycles. The first-order valence-electron chi connectivity index (χ1n) is 9.28. The van der Waals surface area contributed by atoms with Crippen LogP contribution in [0.3, 0.4) is 0 Å².